The maximum Gasteiger partial charge on any atom is 0.0578 e. The van der Waals surface area contributed by atoms with Crippen molar-refractivity contribution in [2.75, 3.05) is 11.9 Å². The highest BCUT2D eigenvalue weighted by molar-refractivity contribution is 9.09. The molecule has 2 aliphatic rings. The summed E-state index contributed by atoms with van der Waals surface area (Å²) in [5.41, 5.74) is 0.520. The second kappa shape index (κ2) is 4.75. The van der Waals surface area contributed by atoms with Crippen molar-refractivity contribution >= 4 is 15.9 Å². The maximum absolute atomic E-state index is 6.09. The van der Waals surface area contributed by atoms with Crippen LogP contribution in [-0.4, -0.2) is 18.0 Å². The van der Waals surface area contributed by atoms with Gasteiger partial charge in [-0.15, -0.1) is 0 Å². The largest absolute Gasteiger partial charge is 0.378 e. The van der Waals surface area contributed by atoms with Gasteiger partial charge < -0.3 is 4.74 Å². The summed E-state index contributed by atoms with van der Waals surface area (Å²) in [7, 11) is 0. The van der Waals surface area contributed by atoms with Crippen LogP contribution in [0.2, 0.25) is 0 Å². The van der Waals surface area contributed by atoms with E-state index in [0.29, 0.717) is 11.5 Å². The van der Waals surface area contributed by atoms with Gasteiger partial charge in [0.25, 0.3) is 0 Å². The fraction of sp³-hybridized carbons (Fsp3) is 1.00. The van der Waals surface area contributed by atoms with E-state index in [0.717, 1.165) is 23.8 Å². The van der Waals surface area contributed by atoms with Crippen LogP contribution in [0.5, 0.6) is 0 Å². The highest BCUT2D eigenvalue weighted by atomic mass is 79.9. The van der Waals surface area contributed by atoms with Crippen LogP contribution in [0.4, 0.5) is 0 Å². The van der Waals surface area contributed by atoms with E-state index in [2.05, 4.69) is 29.8 Å². The van der Waals surface area contributed by atoms with Crippen LogP contribution in [0.25, 0.3) is 0 Å². The molecule has 0 aromatic rings. The molecule has 2 heteroatoms. The van der Waals surface area contributed by atoms with E-state index in [1.165, 1.54) is 32.1 Å². The Bertz CT molecular complexity index is 213. The zero-order valence-corrected chi connectivity index (χ0v) is 11.6. The minimum atomic E-state index is 0.520. The van der Waals surface area contributed by atoms with E-state index < -0.39 is 0 Å². The van der Waals surface area contributed by atoms with E-state index >= 15 is 0 Å². The first-order valence-corrected chi connectivity index (χ1v) is 7.45. The Labute approximate surface area is 102 Å². The molecule has 3 unspecified atom stereocenters. The van der Waals surface area contributed by atoms with E-state index in [9.17, 15) is 0 Å². The Kier molecular flexibility index (Phi) is 3.77. The van der Waals surface area contributed by atoms with Gasteiger partial charge >= 0.3 is 0 Å². The molecule has 1 nitrogen and oxygen atoms in total. The van der Waals surface area contributed by atoms with Crippen LogP contribution in [0.3, 0.4) is 0 Å². The highest BCUT2D eigenvalue weighted by Crippen LogP contribution is 2.47. The second-order valence-electron chi connectivity index (χ2n) is 5.83. The van der Waals surface area contributed by atoms with Gasteiger partial charge in [-0.25, -0.2) is 0 Å². The molecule has 0 bridgehead atoms. The zero-order valence-electron chi connectivity index (χ0n) is 9.97. The minimum absolute atomic E-state index is 0.520. The number of alkyl halides is 1. The quantitative estimate of drug-likeness (QED) is 0.704. The molecular formula is C13H23BrO. The molecule has 0 heterocycles. The van der Waals surface area contributed by atoms with Gasteiger partial charge in [-0.1, -0.05) is 29.8 Å². The Hall–Kier alpha value is 0.440. The van der Waals surface area contributed by atoms with Gasteiger partial charge in [-0.05, 0) is 43.9 Å². The summed E-state index contributed by atoms with van der Waals surface area (Å²) in [6, 6.07) is 0. The van der Waals surface area contributed by atoms with E-state index in [4.69, 9.17) is 4.74 Å². The summed E-state index contributed by atoms with van der Waals surface area (Å²) in [5.74, 6) is 1.75. The van der Waals surface area contributed by atoms with Crippen LogP contribution < -0.4 is 0 Å². The number of rotatable bonds is 4. The van der Waals surface area contributed by atoms with Crippen LogP contribution in [0, 0.1) is 17.3 Å². The molecule has 0 radical (unpaired) electrons. The van der Waals surface area contributed by atoms with Crippen LogP contribution in [-0.2, 0) is 4.74 Å². The van der Waals surface area contributed by atoms with Crippen molar-refractivity contribution in [3.05, 3.63) is 0 Å². The predicted octanol–water partition coefficient (Wildman–Crippen LogP) is 4.00. The molecule has 2 saturated carbocycles. The summed E-state index contributed by atoms with van der Waals surface area (Å²) in [5, 5.41) is 1.12. The second-order valence-corrected chi connectivity index (χ2v) is 6.39. The van der Waals surface area contributed by atoms with Crippen molar-refractivity contribution in [1.82, 2.24) is 0 Å². The van der Waals surface area contributed by atoms with Gasteiger partial charge in [-0.3, -0.25) is 0 Å². The van der Waals surface area contributed by atoms with Crippen molar-refractivity contribution in [3.63, 3.8) is 0 Å². The lowest BCUT2D eigenvalue weighted by Crippen LogP contribution is -2.29. The molecule has 0 aromatic heterocycles. The van der Waals surface area contributed by atoms with Gasteiger partial charge in [0.05, 0.1) is 12.7 Å². The van der Waals surface area contributed by atoms with Crippen molar-refractivity contribution in [2.45, 2.75) is 52.1 Å². The Balaban J connectivity index is 1.71. The van der Waals surface area contributed by atoms with Crippen molar-refractivity contribution in [1.29, 1.82) is 0 Å². The van der Waals surface area contributed by atoms with E-state index in [1.807, 2.05) is 0 Å². The van der Waals surface area contributed by atoms with Gasteiger partial charge in [0.15, 0.2) is 0 Å². The van der Waals surface area contributed by atoms with Gasteiger partial charge in [0.1, 0.15) is 0 Å². The Morgan fingerprint density at radius 3 is 2.47 bits per heavy atom. The molecule has 2 fully saturated rings. The molecule has 0 aromatic carbocycles. The summed E-state index contributed by atoms with van der Waals surface area (Å²) in [6.45, 7) is 5.74. The first kappa shape index (κ1) is 11.9. The lowest BCUT2D eigenvalue weighted by Gasteiger charge is -2.32. The smallest absolute Gasteiger partial charge is 0.0578 e. The number of halogens is 1. The SMILES string of the molecule is CC1CCC(OCC2(CBr)CC2)CC1C. The molecule has 0 saturated heterocycles. The maximum atomic E-state index is 6.09. The van der Waals surface area contributed by atoms with Crippen LogP contribution in [0.1, 0.15) is 46.0 Å². The fourth-order valence-electron chi connectivity index (χ4n) is 2.44. The monoisotopic (exact) mass is 274 g/mol. The fourth-order valence-corrected chi connectivity index (χ4v) is 3.16. The molecule has 2 aliphatic carbocycles. The topological polar surface area (TPSA) is 9.23 Å². The van der Waals surface area contributed by atoms with Gasteiger partial charge in [0, 0.05) is 10.7 Å². The Morgan fingerprint density at radius 2 is 1.93 bits per heavy atom. The summed E-state index contributed by atoms with van der Waals surface area (Å²) < 4.78 is 6.09. The standard InChI is InChI=1S/C13H23BrO/c1-10-3-4-12(7-11(10)2)15-9-13(8-14)5-6-13/h10-12H,3-9H2,1-2H3. The van der Waals surface area contributed by atoms with Gasteiger partial charge in [0.2, 0.25) is 0 Å². The van der Waals surface area contributed by atoms with E-state index in [-0.39, 0.29) is 0 Å². The van der Waals surface area contributed by atoms with E-state index in [1.54, 1.807) is 0 Å². The average Bonchev–Trinajstić information content (AvgIpc) is 3.01. The molecular weight excluding hydrogens is 252 g/mol. The molecule has 15 heavy (non-hydrogen) atoms. The van der Waals surface area contributed by atoms with Gasteiger partial charge in [-0.2, -0.15) is 0 Å². The third kappa shape index (κ3) is 2.97. The lowest BCUT2D eigenvalue weighted by molar-refractivity contribution is -0.0152. The number of hydrogen-bond donors (Lipinski definition) is 0. The average molecular weight is 275 g/mol. The summed E-state index contributed by atoms with van der Waals surface area (Å²) in [6.07, 6.45) is 7.18. The summed E-state index contributed by atoms with van der Waals surface area (Å²) >= 11 is 3.60. The molecule has 2 rings (SSSR count). The third-order valence-electron chi connectivity index (χ3n) is 4.42. The Morgan fingerprint density at radius 1 is 1.20 bits per heavy atom. The lowest BCUT2D eigenvalue weighted by atomic mass is 9.80. The summed E-state index contributed by atoms with van der Waals surface area (Å²) in [4.78, 5) is 0. The van der Waals surface area contributed by atoms with Crippen molar-refractivity contribution < 1.29 is 4.74 Å². The first-order valence-electron chi connectivity index (χ1n) is 6.33. The normalized spacial score (nSPS) is 39.0. The minimum Gasteiger partial charge on any atom is -0.378 e. The molecule has 0 spiro atoms. The van der Waals surface area contributed by atoms with Crippen molar-refractivity contribution in [3.8, 4) is 0 Å². The third-order valence-corrected chi connectivity index (χ3v) is 5.61. The van der Waals surface area contributed by atoms with Crippen molar-refractivity contribution in [2.24, 2.45) is 17.3 Å². The molecule has 0 N–H and O–H groups in total. The first-order chi connectivity index (χ1) is 7.15. The molecule has 3 atom stereocenters. The highest BCUT2D eigenvalue weighted by Gasteiger charge is 2.42. The predicted molar refractivity (Wildman–Crippen MR) is 67.4 cm³/mol. The number of hydrogen-bond acceptors (Lipinski definition) is 1. The van der Waals surface area contributed by atoms with Crippen LogP contribution >= 0.6 is 15.9 Å². The molecule has 0 aliphatic heterocycles. The zero-order chi connectivity index (χ0) is 10.9. The molecule has 0 amide bonds. The number of ether oxygens (including phenoxy) is 1. The van der Waals surface area contributed by atoms with Crippen LogP contribution in [0.15, 0.2) is 0 Å². The molecule has 88 valence electrons.